The van der Waals surface area contributed by atoms with E-state index in [9.17, 15) is 14.3 Å². The standard InChI is InChI=1S/C14H11ClFN3O5S/c1-24-11-8(15)3-2-6(9(11)16)13-18-10(14(20)21)7(12(17)19-13)4-5-25(22)23/h2-5,22-23H,1H3,(H2-,17,18,19,20,21)/p+1/b5-4+. The number of carboxylic acids is 1. The Labute approximate surface area is 149 Å². The van der Waals surface area contributed by atoms with Crippen LogP contribution in [-0.2, 0) is 11.5 Å². The van der Waals surface area contributed by atoms with E-state index in [2.05, 4.69) is 9.97 Å². The number of hydrogen-bond donors (Lipinski definition) is 4. The first-order valence-electron chi connectivity index (χ1n) is 6.48. The number of rotatable bonds is 5. The molecule has 0 aliphatic rings. The number of carbonyl (C=O) groups is 1. The Morgan fingerprint density at radius 1 is 1.40 bits per heavy atom. The summed E-state index contributed by atoms with van der Waals surface area (Å²) in [7, 11) is 1.22. The van der Waals surface area contributed by atoms with Gasteiger partial charge >= 0.3 is 17.4 Å². The van der Waals surface area contributed by atoms with Gasteiger partial charge in [-0.15, -0.1) is 0 Å². The fourth-order valence-corrected chi connectivity index (χ4v) is 2.44. The molecule has 1 aromatic carbocycles. The minimum Gasteiger partial charge on any atom is -0.492 e. The smallest absolute Gasteiger partial charge is 0.355 e. The van der Waals surface area contributed by atoms with Gasteiger partial charge in [0.05, 0.1) is 23.3 Å². The molecule has 132 valence electrons. The second-order valence-electron chi connectivity index (χ2n) is 4.54. The lowest BCUT2D eigenvalue weighted by Gasteiger charge is -2.11. The van der Waals surface area contributed by atoms with Gasteiger partial charge < -0.3 is 15.6 Å². The summed E-state index contributed by atoms with van der Waals surface area (Å²) in [5.74, 6) is -3.14. The van der Waals surface area contributed by atoms with Crippen molar-refractivity contribution in [3.63, 3.8) is 0 Å². The first-order chi connectivity index (χ1) is 11.8. The number of carboxylic acid groups (broad SMARTS) is 1. The molecule has 25 heavy (non-hydrogen) atoms. The van der Waals surface area contributed by atoms with Crippen LogP contribution in [0, 0.1) is 5.82 Å². The summed E-state index contributed by atoms with van der Waals surface area (Å²) in [6.07, 6.45) is 1.06. The lowest BCUT2D eigenvalue weighted by Crippen LogP contribution is -2.11. The topological polar surface area (TPSA) is 139 Å². The Bertz CT molecular complexity index is 863. The molecule has 8 nitrogen and oxygen atoms in total. The van der Waals surface area contributed by atoms with Crippen LogP contribution in [0.5, 0.6) is 5.75 Å². The number of aromatic carboxylic acids is 1. The van der Waals surface area contributed by atoms with E-state index in [1.807, 2.05) is 0 Å². The molecule has 2 rings (SSSR count). The van der Waals surface area contributed by atoms with Crippen molar-refractivity contribution < 1.29 is 28.1 Å². The average molecular weight is 389 g/mol. The van der Waals surface area contributed by atoms with E-state index in [-0.39, 0.29) is 33.5 Å². The average Bonchev–Trinajstić information content (AvgIpc) is 2.53. The van der Waals surface area contributed by atoms with Crippen LogP contribution < -0.4 is 10.5 Å². The molecule has 0 unspecified atom stereocenters. The number of anilines is 1. The van der Waals surface area contributed by atoms with E-state index < -0.39 is 28.9 Å². The SMILES string of the molecule is COc1c(Cl)ccc(-c2nc(N)c(/C=C/[S+](O)O)c(C(=O)O)n2)c1F. The minimum atomic E-state index is -2.07. The highest BCUT2D eigenvalue weighted by Crippen LogP contribution is 2.34. The molecule has 11 heteroatoms. The number of nitrogens with two attached hydrogens (primary N) is 1. The van der Waals surface area contributed by atoms with Gasteiger partial charge in [0.2, 0.25) is 0 Å². The predicted octanol–water partition coefficient (Wildman–Crippen LogP) is 2.76. The van der Waals surface area contributed by atoms with Crippen LogP contribution in [0.2, 0.25) is 5.02 Å². The van der Waals surface area contributed by atoms with Crippen LogP contribution >= 0.6 is 11.6 Å². The molecule has 1 heterocycles. The highest BCUT2D eigenvalue weighted by Gasteiger charge is 2.22. The quantitative estimate of drug-likeness (QED) is 0.573. The highest BCUT2D eigenvalue weighted by atomic mass is 35.5. The summed E-state index contributed by atoms with van der Waals surface area (Å²) in [6, 6.07) is 2.60. The highest BCUT2D eigenvalue weighted by molar-refractivity contribution is 7.89. The number of halogens is 2. The van der Waals surface area contributed by atoms with E-state index in [0.717, 1.165) is 11.5 Å². The number of nitrogen functional groups attached to an aromatic ring is 1. The molecule has 5 N–H and O–H groups in total. The number of benzene rings is 1. The van der Waals surface area contributed by atoms with Crippen molar-refractivity contribution in [2.24, 2.45) is 0 Å². The van der Waals surface area contributed by atoms with Crippen molar-refractivity contribution in [1.82, 2.24) is 9.97 Å². The van der Waals surface area contributed by atoms with E-state index >= 15 is 0 Å². The van der Waals surface area contributed by atoms with Crippen LogP contribution in [0.25, 0.3) is 17.5 Å². The molecule has 0 fully saturated rings. The summed E-state index contributed by atoms with van der Waals surface area (Å²) in [6.45, 7) is 0. The molecule has 0 atom stereocenters. The van der Waals surface area contributed by atoms with Gasteiger partial charge in [0.1, 0.15) is 5.82 Å². The Hall–Kier alpha value is -2.40. The van der Waals surface area contributed by atoms with Crippen LogP contribution in [0.4, 0.5) is 10.2 Å². The van der Waals surface area contributed by atoms with E-state index in [4.69, 9.17) is 31.2 Å². The van der Waals surface area contributed by atoms with Crippen LogP contribution in [0.3, 0.4) is 0 Å². The molecule has 0 aliphatic heterocycles. The third-order valence-electron chi connectivity index (χ3n) is 3.03. The summed E-state index contributed by atoms with van der Waals surface area (Å²) < 4.78 is 37.1. The Kier molecular flexibility index (Phi) is 5.80. The van der Waals surface area contributed by atoms with E-state index in [1.165, 1.54) is 19.2 Å². The molecule has 0 saturated carbocycles. The van der Waals surface area contributed by atoms with Crippen molar-refractivity contribution in [2.45, 2.75) is 0 Å². The zero-order chi connectivity index (χ0) is 18.7. The first kappa shape index (κ1) is 18.9. The fourth-order valence-electron chi connectivity index (χ4n) is 1.96. The van der Waals surface area contributed by atoms with E-state index in [0.29, 0.717) is 0 Å². The number of aromatic nitrogens is 2. The fraction of sp³-hybridized carbons (Fsp3) is 0.0714. The Balaban J connectivity index is 2.68. The lowest BCUT2D eigenvalue weighted by atomic mass is 10.1. The van der Waals surface area contributed by atoms with Gasteiger partial charge in [0.25, 0.3) is 0 Å². The van der Waals surface area contributed by atoms with Gasteiger partial charge in [0, 0.05) is 6.08 Å². The third-order valence-corrected chi connectivity index (χ3v) is 3.71. The van der Waals surface area contributed by atoms with Crippen LogP contribution in [-0.4, -0.2) is 37.3 Å². The van der Waals surface area contributed by atoms with E-state index in [1.54, 1.807) is 0 Å². The maximum atomic E-state index is 14.5. The molecule has 1 aromatic heterocycles. The van der Waals surface area contributed by atoms with Gasteiger partial charge in [-0.25, -0.2) is 19.2 Å². The largest absolute Gasteiger partial charge is 0.492 e. The predicted molar refractivity (Wildman–Crippen MR) is 92.0 cm³/mol. The van der Waals surface area contributed by atoms with Gasteiger partial charge in [-0.05, 0) is 12.1 Å². The van der Waals surface area contributed by atoms with Crippen molar-refractivity contribution in [2.75, 3.05) is 12.8 Å². The normalized spacial score (nSPS) is 11.3. The lowest BCUT2D eigenvalue weighted by molar-refractivity contribution is 0.0690. The minimum absolute atomic E-state index is 0.0210. The molecule has 0 amide bonds. The molecule has 0 aliphatic carbocycles. The summed E-state index contributed by atoms with van der Waals surface area (Å²) >= 11 is 3.74. The second kappa shape index (κ2) is 7.66. The molecule has 0 bridgehead atoms. The summed E-state index contributed by atoms with van der Waals surface area (Å²) in [4.78, 5) is 19.1. The van der Waals surface area contributed by atoms with Crippen LogP contribution in [0.1, 0.15) is 16.1 Å². The van der Waals surface area contributed by atoms with Crippen LogP contribution in [0.15, 0.2) is 17.5 Å². The molecule has 0 saturated heterocycles. The maximum absolute atomic E-state index is 14.5. The second-order valence-corrected chi connectivity index (χ2v) is 5.80. The summed E-state index contributed by atoms with van der Waals surface area (Å²) in [5.41, 5.74) is 4.90. The van der Waals surface area contributed by atoms with Crippen molar-refractivity contribution in [3.05, 3.63) is 39.6 Å². The van der Waals surface area contributed by atoms with Crippen molar-refractivity contribution in [3.8, 4) is 17.1 Å². The Morgan fingerprint density at radius 3 is 2.64 bits per heavy atom. The van der Waals surface area contributed by atoms with Gasteiger partial charge in [-0.2, -0.15) is 9.11 Å². The summed E-state index contributed by atoms with van der Waals surface area (Å²) in [5, 5.41) is 10.2. The van der Waals surface area contributed by atoms with Gasteiger partial charge in [-0.3, -0.25) is 0 Å². The zero-order valence-electron chi connectivity index (χ0n) is 12.6. The van der Waals surface area contributed by atoms with Crippen molar-refractivity contribution >= 4 is 40.9 Å². The van der Waals surface area contributed by atoms with Gasteiger partial charge in [0.15, 0.2) is 28.5 Å². The number of hydrogen-bond acceptors (Lipinski definition) is 7. The van der Waals surface area contributed by atoms with Gasteiger partial charge in [-0.1, -0.05) is 11.6 Å². The third kappa shape index (κ3) is 3.99. The monoisotopic (exact) mass is 388 g/mol. The molecular weight excluding hydrogens is 377 g/mol. The molecule has 0 spiro atoms. The molecule has 0 radical (unpaired) electrons. The number of nitrogens with zero attached hydrogens (tertiary/aromatic N) is 2. The first-order valence-corrected chi connectivity index (χ1v) is 8.06. The number of methoxy groups -OCH3 is 1. The zero-order valence-corrected chi connectivity index (χ0v) is 14.2. The number of ether oxygens (including phenoxy) is 1. The molecule has 2 aromatic rings. The Morgan fingerprint density at radius 2 is 2.08 bits per heavy atom. The van der Waals surface area contributed by atoms with Crippen molar-refractivity contribution in [1.29, 1.82) is 0 Å². The molecular formula is C14H12ClFN3O5S+. The maximum Gasteiger partial charge on any atom is 0.355 e.